The summed E-state index contributed by atoms with van der Waals surface area (Å²) in [7, 11) is 0. The predicted octanol–water partition coefficient (Wildman–Crippen LogP) is 2.22. The summed E-state index contributed by atoms with van der Waals surface area (Å²) in [4.78, 5) is 34.9. The molecule has 0 unspecified atom stereocenters. The van der Waals surface area contributed by atoms with Gasteiger partial charge >= 0.3 is 5.97 Å². The zero-order valence-corrected chi connectivity index (χ0v) is 13.3. The van der Waals surface area contributed by atoms with Crippen LogP contribution in [0.4, 0.5) is 0 Å². The lowest BCUT2D eigenvalue weighted by molar-refractivity contribution is -0.150. The van der Waals surface area contributed by atoms with Gasteiger partial charge in [0.1, 0.15) is 5.75 Å². The molecule has 0 atom stereocenters. The van der Waals surface area contributed by atoms with Crippen molar-refractivity contribution in [1.29, 1.82) is 0 Å². The molecule has 0 spiro atoms. The summed E-state index contributed by atoms with van der Waals surface area (Å²) >= 11 is 5.87. The number of esters is 1. The highest BCUT2D eigenvalue weighted by Gasteiger charge is 2.13. The maximum absolute atomic E-state index is 11.7. The Morgan fingerprint density at radius 3 is 2.29 bits per heavy atom. The van der Waals surface area contributed by atoms with Crippen LogP contribution in [0.3, 0.4) is 0 Å². The topological polar surface area (TPSA) is 81.7 Å². The Balaban J connectivity index is 1.72. The summed E-state index contributed by atoms with van der Waals surface area (Å²) in [6.07, 6.45) is 0. The second-order valence-electron chi connectivity index (χ2n) is 4.62. The number of carbonyl (C=O) groups is 3. The Morgan fingerprint density at radius 1 is 0.917 bits per heavy atom. The number of halogens is 1. The normalized spacial score (nSPS) is 9.88. The number of carbonyl (C=O) groups excluding carboxylic acids is 3. The van der Waals surface area contributed by atoms with Crippen molar-refractivity contribution in [2.45, 2.75) is 0 Å². The average Bonchev–Trinajstić information content (AvgIpc) is 2.60. The third kappa shape index (κ3) is 5.40. The molecule has 0 bridgehead atoms. The molecular weight excluding hydrogens is 334 g/mol. The van der Waals surface area contributed by atoms with Gasteiger partial charge in [-0.2, -0.15) is 0 Å². The van der Waals surface area contributed by atoms with E-state index in [9.17, 15) is 14.4 Å². The van der Waals surface area contributed by atoms with E-state index in [1.54, 1.807) is 54.6 Å². The molecule has 0 radical (unpaired) electrons. The van der Waals surface area contributed by atoms with Gasteiger partial charge in [0.15, 0.2) is 13.2 Å². The van der Waals surface area contributed by atoms with E-state index in [2.05, 4.69) is 5.32 Å². The highest BCUT2D eigenvalue weighted by atomic mass is 35.5. The molecular formula is C17H14ClNO5. The molecule has 2 amide bonds. The third-order valence-electron chi connectivity index (χ3n) is 2.84. The zero-order valence-electron chi connectivity index (χ0n) is 12.5. The van der Waals surface area contributed by atoms with Crippen molar-refractivity contribution >= 4 is 29.4 Å². The molecule has 0 aliphatic heterocycles. The van der Waals surface area contributed by atoms with E-state index < -0.39 is 31.0 Å². The second-order valence-corrected chi connectivity index (χ2v) is 5.03. The fourth-order valence-electron chi connectivity index (χ4n) is 1.71. The summed E-state index contributed by atoms with van der Waals surface area (Å²) in [6.45, 7) is -0.979. The number of amides is 2. The lowest BCUT2D eigenvalue weighted by Gasteiger charge is -2.08. The number of benzene rings is 2. The third-order valence-corrected chi connectivity index (χ3v) is 3.15. The van der Waals surface area contributed by atoms with Crippen molar-refractivity contribution in [3.05, 3.63) is 65.2 Å². The molecule has 0 aromatic heterocycles. The van der Waals surface area contributed by atoms with Gasteiger partial charge in [0, 0.05) is 5.56 Å². The molecule has 2 aromatic carbocycles. The summed E-state index contributed by atoms with van der Waals surface area (Å²) in [5, 5.41) is 2.48. The highest BCUT2D eigenvalue weighted by molar-refractivity contribution is 6.32. The van der Waals surface area contributed by atoms with E-state index in [4.69, 9.17) is 21.1 Å². The maximum Gasteiger partial charge on any atom is 0.344 e. The first kappa shape index (κ1) is 17.5. The fraction of sp³-hybridized carbons (Fsp3) is 0.118. The van der Waals surface area contributed by atoms with Crippen LogP contribution in [0.2, 0.25) is 5.02 Å². The molecule has 0 fully saturated rings. The van der Waals surface area contributed by atoms with E-state index in [0.717, 1.165) is 0 Å². The molecule has 0 aliphatic rings. The van der Waals surface area contributed by atoms with Crippen LogP contribution in [0.5, 0.6) is 5.75 Å². The summed E-state index contributed by atoms with van der Waals surface area (Å²) < 4.78 is 9.91. The predicted molar refractivity (Wildman–Crippen MR) is 86.8 cm³/mol. The number of hydrogen-bond donors (Lipinski definition) is 1. The summed E-state index contributed by atoms with van der Waals surface area (Å²) in [5.41, 5.74) is 0.333. The van der Waals surface area contributed by atoms with Gasteiger partial charge in [-0.15, -0.1) is 0 Å². The average molecular weight is 348 g/mol. The van der Waals surface area contributed by atoms with Gasteiger partial charge in [0.05, 0.1) is 5.02 Å². The molecule has 0 saturated carbocycles. The number of nitrogens with one attached hydrogen (secondary N) is 1. The molecule has 7 heteroatoms. The van der Waals surface area contributed by atoms with Gasteiger partial charge in [0.2, 0.25) is 0 Å². The van der Waals surface area contributed by atoms with E-state index in [0.29, 0.717) is 16.3 Å². The summed E-state index contributed by atoms with van der Waals surface area (Å²) in [6, 6.07) is 14.9. The van der Waals surface area contributed by atoms with Gasteiger partial charge in [-0.05, 0) is 24.3 Å². The lowest BCUT2D eigenvalue weighted by atomic mass is 10.2. The number of ether oxygens (including phenoxy) is 2. The van der Waals surface area contributed by atoms with Gasteiger partial charge in [-0.1, -0.05) is 41.9 Å². The molecule has 0 aliphatic carbocycles. The molecule has 2 aromatic rings. The van der Waals surface area contributed by atoms with Crippen molar-refractivity contribution in [1.82, 2.24) is 5.32 Å². The molecule has 24 heavy (non-hydrogen) atoms. The maximum atomic E-state index is 11.7. The quantitative estimate of drug-likeness (QED) is 0.810. The number of para-hydroxylation sites is 1. The van der Waals surface area contributed by atoms with Gasteiger partial charge in [-0.25, -0.2) is 4.79 Å². The number of imide groups is 1. The Hall–Kier alpha value is -2.86. The van der Waals surface area contributed by atoms with Crippen LogP contribution in [0, 0.1) is 0 Å². The van der Waals surface area contributed by atoms with Gasteiger partial charge in [0.25, 0.3) is 11.8 Å². The number of hydrogen-bond acceptors (Lipinski definition) is 5. The minimum Gasteiger partial charge on any atom is -0.480 e. The monoisotopic (exact) mass is 347 g/mol. The van der Waals surface area contributed by atoms with Gasteiger partial charge < -0.3 is 9.47 Å². The van der Waals surface area contributed by atoms with Crippen molar-refractivity contribution in [2.75, 3.05) is 13.2 Å². The van der Waals surface area contributed by atoms with Crippen molar-refractivity contribution in [2.24, 2.45) is 0 Å². The zero-order chi connectivity index (χ0) is 17.4. The Kier molecular flexibility index (Phi) is 6.33. The molecule has 1 N–H and O–H groups in total. The van der Waals surface area contributed by atoms with Crippen LogP contribution < -0.4 is 10.1 Å². The lowest BCUT2D eigenvalue weighted by Crippen LogP contribution is -2.34. The molecule has 124 valence electrons. The molecule has 0 saturated heterocycles. The first-order valence-corrected chi connectivity index (χ1v) is 7.36. The molecule has 2 rings (SSSR count). The Labute approximate surface area is 143 Å². The SMILES string of the molecule is O=C(COC(=O)COc1ccccc1Cl)NC(=O)c1ccccc1. The van der Waals surface area contributed by atoms with Crippen LogP contribution in [-0.4, -0.2) is 31.0 Å². The largest absolute Gasteiger partial charge is 0.480 e. The van der Waals surface area contributed by atoms with Crippen LogP contribution in [-0.2, 0) is 14.3 Å². The second kappa shape index (κ2) is 8.69. The Bertz CT molecular complexity index is 733. The van der Waals surface area contributed by atoms with Crippen LogP contribution in [0.15, 0.2) is 54.6 Å². The Morgan fingerprint density at radius 2 is 1.58 bits per heavy atom. The number of rotatable bonds is 6. The van der Waals surface area contributed by atoms with E-state index in [-0.39, 0.29) is 0 Å². The van der Waals surface area contributed by atoms with Crippen LogP contribution >= 0.6 is 11.6 Å². The van der Waals surface area contributed by atoms with Crippen LogP contribution in [0.25, 0.3) is 0 Å². The standard InChI is InChI=1S/C17H14ClNO5/c18-13-8-4-5-9-14(13)23-11-16(21)24-10-15(20)19-17(22)12-6-2-1-3-7-12/h1-9H,10-11H2,(H,19,20,22). The molecule has 6 nitrogen and oxygen atoms in total. The minimum atomic E-state index is -0.753. The molecule has 0 heterocycles. The smallest absolute Gasteiger partial charge is 0.344 e. The minimum absolute atomic E-state index is 0.333. The van der Waals surface area contributed by atoms with E-state index >= 15 is 0 Å². The van der Waals surface area contributed by atoms with Crippen LogP contribution in [0.1, 0.15) is 10.4 Å². The first-order chi connectivity index (χ1) is 11.6. The fourth-order valence-corrected chi connectivity index (χ4v) is 1.90. The summed E-state index contributed by atoms with van der Waals surface area (Å²) in [5.74, 6) is -1.71. The van der Waals surface area contributed by atoms with Crippen molar-refractivity contribution in [3.63, 3.8) is 0 Å². The van der Waals surface area contributed by atoms with E-state index in [1.165, 1.54) is 0 Å². The first-order valence-electron chi connectivity index (χ1n) is 6.98. The van der Waals surface area contributed by atoms with Crippen molar-refractivity contribution < 1.29 is 23.9 Å². The highest BCUT2D eigenvalue weighted by Crippen LogP contribution is 2.22. The van der Waals surface area contributed by atoms with Gasteiger partial charge in [-0.3, -0.25) is 14.9 Å². The van der Waals surface area contributed by atoms with E-state index in [1.807, 2.05) is 0 Å². The van der Waals surface area contributed by atoms with Crippen molar-refractivity contribution in [3.8, 4) is 5.75 Å².